The summed E-state index contributed by atoms with van der Waals surface area (Å²) in [5, 5.41) is 7.11. The lowest BCUT2D eigenvalue weighted by Gasteiger charge is -2.14. The van der Waals surface area contributed by atoms with Crippen LogP contribution < -0.4 is 10.1 Å². The predicted molar refractivity (Wildman–Crippen MR) is 67.4 cm³/mol. The third-order valence-electron chi connectivity index (χ3n) is 3.29. The summed E-state index contributed by atoms with van der Waals surface area (Å²) in [4.78, 5) is 0. The van der Waals surface area contributed by atoms with Crippen LogP contribution in [0.3, 0.4) is 0 Å². The third kappa shape index (κ3) is 2.24. The summed E-state index contributed by atoms with van der Waals surface area (Å²) >= 11 is 0. The fourth-order valence-electron chi connectivity index (χ4n) is 2.18. The van der Waals surface area contributed by atoms with E-state index < -0.39 is 0 Å². The zero-order valence-corrected chi connectivity index (χ0v) is 10.3. The SMILES string of the molecule is CC(NCc1ccno1)c1ccc2c(c1)CCO2. The predicted octanol–water partition coefficient (Wildman–Crippen LogP) is 2.46. The molecule has 18 heavy (non-hydrogen) atoms. The highest BCUT2D eigenvalue weighted by Crippen LogP contribution is 2.28. The van der Waals surface area contributed by atoms with Gasteiger partial charge in [0.05, 0.1) is 19.3 Å². The molecule has 0 saturated heterocycles. The van der Waals surface area contributed by atoms with Gasteiger partial charge in [0.15, 0.2) is 0 Å². The molecule has 2 aromatic rings. The molecule has 0 saturated carbocycles. The molecule has 0 amide bonds. The van der Waals surface area contributed by atoms with E-state index in [1.165, 1.54) is 11.1 Å². The minimum atomic E-state index is 0.279. The Morgan fingerprint density at radius 1 is 1.39 bits per heavy atom. The van der Waals surface area contributed by atoms with Crippen molar-refractivity contribution < 1.29 is 9.26 Å². The molecular formula is C14H16N2O2. The highest BCUT2D eigenvalue weighted by Gasteiger charge is 2.14. The van der Waals surface area contributed by atoms with Crippen molar-refractivity contribution in [2.45, 2.75) is 25.9 Å². The van der Waals surface area contributed by atoms with Gasteiger partial charge in [0.1, 0.15) is 11.5 Å². The Kier molecular flexibility index (Phi) is 3.02. The number of hydrogen-bond donors (Lipinski definition) is 1. The molecule has 4 nitrogen and oxygen atoms in total. The number of nitrogens with zero attached hydrogens (tertiary/aromatic N) is 1. The molecule has 1 aromatic heterocycles. The normalized spacial score (nSPS) is 15.2. The lowest BCUT2D eigenvalue weighted by Crippen LogP contribution is -2.17. The number of nitrogens with one attached hydrogen (secondary N) is 1. The average molecular weight is 244 g/mol. The number of ether oxygens (including phenoxy) is 1. The van der Waals surface area contributed by atoms with Crippen molar-refractivity contribution >= 4 is 0 Å². The van der Waals surface area contributed by atoms with Crippen molar-refractivity contribution in [3.05, 3.63) is 47.3 Å². The lowest BCUT2D eigenvalue weighted by atomic mass is 10.0. The molecule has 3 rings (SSSR count). The van der Waals surface area contributed by atoms with Crippen molar-refractivity contribution in [2.75, 3.05) is 6.61 Å². The van der Waals surface area contributed by atoms with Gasteiger partial charge in [0, 0.05) is 18.5 Å². The van der Waals surface area contributed by atoms with Crippen molar-refractivity contribution in [1.29, 1.82) is 0 Å². The highest BCUT2D eigenvalue weighted by molar-refractivity contribution is 5.40. The van der Waals surface area contributed by atoms with Crippen LogP contribution in [0.25, 0.3) is 0 Å². The summed E-state index contributed by atoms with van der Waals surface area (Å²) in [5.74, 6) is 1.88. The number of hydrogen-bond acceptors (Lipinski definition) is 4. The topological polar surface area (TPSA) is 47.3 Å². The zero-order chi connectivity index (χ0) is 12.4. The van der Waals surface area contributed by atoms with Gasteiger partial charge < -0.3 is 14.6 Å². The maximum atomic E-state index is 5.51. The monoisotopic (exact) mass is 244 g/mol. The molecule has 0 fully saturated rings. The van der Waals surface area contributed by atoms with Crippen LogP contribution in [-0.4, -0.2) is 11.8 Å². The molecule has 1 N–H and O–H groups in total. The number of fused-ring (bicyclic) bond motifs is 1. The first-order valence-electron chi connectivity index (χ1n) is 6.21. The van der Waals surface area contributed by atoms with E-state index in [1.807, 2.05) is 6.07 Å². The number of benzene rings is 1. The van der Waals surface area contributed by atoms with E-state index in [2.05, 4.69) is 35.6 Å². The Hall–Kier alpha value is -1.81. The molecule has 0 radical (unpaired) electrons. The minimum Gasteiger partial charge on any atom is -0.493 e. The molecule has 2 heterocycles. The van der Waals surface area contributed by atoms with Crippen LogP contribution in [0.1, 0.15) is 29.9 Å². The second kappa shape index (κ2) is 4.82. The van der Waals surface area contributed by atoms with Gasteiger partial charge in [-0.15, -0.1) is 0 Å². The summed E-state index contributed by atoms with van der Waals surface area (Å²) < 4.78 is 10.6. The van der Waals surface area contributed by atoms with Crippen molar-refractivity contribution in [3.63, 3.8) is 0 Å². The molecule has 4 heteroatoms. The standard InChI is InChI=1S/C14H16N2O2/c1-10(15-9-13-4-6-16-18-13)11-2-3-14-12(8-11)5-7-17-14/h2-4,6,8,10,15H,5,7,9H2,1H3. The van der Waals surface area contributed by atoms with Crippen LogP contribution in [-0.2, 0) is 13.0 Å². The van der Waals surface area contributed by atoms with Gasteiger partial charge in [-0.1, -0.05) is 17.3 Å². The molecule has 0 aliphatic carbocycles. The van der Waals surface area contributed by atoms with Crippen LogP contribution in [0.5, 0.6) is 5.75 Å². The van der Waals surface area contributed by atoms with Crippen LogP contribution in [0.4, 0.5) is 0 Å². The summed E-state index contributed by atoms with van der Waals surface area (Å²) in [7, 11) is 0. The van der Waals surface area contributed by atoms with Crippen LogP contribution in [0.2, 0.25) is 0 Å². The molecule has 94 valence electrons. The Labute approximate surface area is 106 Å². The second-order valence-corrected chi connectivity index (χ2v) is 4.55. The van der Waals surface area contributed by atoms with E-state index in [-0.39, 0.29) is 6.04 Å². The molecule has 1 aromatic carbocycles. The first-order chi connectivity index (χ1) is 8.83. The summed E-state index contributed by atoms with van der Waals surface area (Å²) in [6, 6.07) is 8.55. The van der Waals surface area contributed by atoms with Gasteiger partial charge in [-0.3, -0.25) is 0 Å². The molecule has 0 bridgehead atoms. The van der Waals surface area contributed by atoms with Gasteiger partial charge in [-0.2, -0.15) is 0 Å². The Morgan fingerprint density at radius 3 is 3.17 bits per heavy atom. The summed E-state index contributed by atoms with van der Waals surface area (Å²) in [6.07, 6.45) is 2.67. The summed E-state index contributed by atoms with van der Waals surface area (Å²) in [6.45, 7) is 3.64. The maximum Gasteiger partial charge on any atom is 0.150 e. The quantitative estimate of drug-likeness (QED) is 0.897. The minimum absolute atomic E-state index is 0.279. The highest BCUT2D eigenvalue weighted by atomic mass is 16.5. The first-order valence-corrected chi connectivity index (χ1v) is 6.21. The molecule has 1 unspecified atom stereocenters. The maximum absolute atomic E-state index is 5.51. The van der Waals surface area contributed by atoms with E-state index in [9.17, 15) is 0 Å². The van der Waals surface area contributed by atoms with Gasteiger partial charge in [-0.25, -0.2) is 0 Å². The van der Waals surface area contributed by atoms with E-state index in [1.54, 1.807) is 6.20 Å². The molecule has 1 aliphatic heterocycles. The van der Waals surface area contributed by atoms with E-state index >= 15 is 0 Å². The van der Waals surface area contributed by atoms with Crippen molar-refractivity contribution in [3.8, 4) is 5.75 Å². The first kappa shape index (κ1) is 11.3. The molecule has 1 atom stereocenters. The van der Waals surface area contributed by atoms with Gasteiger partial charge >= 0.3 is 0 Å². The van der Waals surface area contributed by atoms with Crippen molar-refractivity contribution in [1.82, 2.24) is 10.5 Å². The third-order valence-corrected chi connectivity index (χ3v) is 3.29. The van der Waals surface area contributed by atoms with Crippen molar-refractivity contribution in [2.24, 2.45) is 0 Å². The van der Waals surface area contributed by atoms with E-state index in [4.69, 9.17) is 9.26 Å². The van der Waals surface area contributed by atoms with Crippen LogP contribution >= 0.6 is 0 Å². The average Bonchev–Trinajstić information content (AvgIpc) is 3.05. The fraction of sp³-hybridized carbons (Fsp3) is 0.357. The van der Waals surface area contributed by atoms with Gasteiger partial charge in [0.25, 0.3) is 0 Å². The van der Waals surface area contributed by atoms with Gasteiger partial charge in [0.2, 0.25) is 0 Å². The molecule has 0 spiro atoms. The van der Waals surface area contributed by atoms with E-state index in [0.29, 0.717) is 6.54 Å². The largest absolute Gasteiger partial charge is 0.493 e. The fourth-order valence-corrected chi connectivity index (χ4v) is 2.18. The zero-order valence-electron chi connectivity index (χ0n) is 10.3. The molecule has 1 aliphatic rings. The summed E-state index contributed by atoms with van der Waals surface area (Å²) in [5.41, 5.74) is 2.58. The van der Waals surface area contributed by atoms with Crippen LogP contribution in [0.15, 0.2) is 35.0 Å². The van der Waals surface area contributed by atoms with Crippen LogP contribution in [0, 0.1) is 0 Å². The molecular weight excluding hydrogens is 228 g/mol. The number of rotatable bonds is 4. The van der Waals surface area contributed by atoms with E-state index in [0.717, 1.165) is 24.5 Å². The number of aromatic nitrogens is 1. The second-order valence-electron chi connectivity index (χ2n) is 4.55. The Morgan fingerprint density at radius 2 is 2.33 bits per heavy atom. The Balaban J connectivity index is 1.67. The smallest absolute Gasteiger partial charge is 0.150 e. The lowest BCUT2D eigenvalue weighted by molar-refractivity contribution is 0.356. The Bertz CT molecular complexity index is 523. The van der Waals surface area contributed by atoms with Gasteiger partial charge in [-0.05, 0) is 24.1 Å².